The molecule has 0 saturated carbocycles. The lowest BCUT2D eigenvalue weighted by Crippen LogP contribution is -2.10. The minimum Gasteiger partial charge on any atom is -0.508 e. The molecule has 1 N–H and O–H groups in total. The molecule has 2 aromatic rings. The van der Waals surface area contributed by atoms with Crippen molar-refractivity contribution in [1.82, 2.24) is 0 Å². The maximum atomic E-state index is 9.27. The largest absolute Gasteiger partial charge is 0.508 e. The normalized spacial score (nSPS) is 9.83. The second-order valence-electron chi connectivity index (χ2n) is 3.85. The maximum Gasteiger partial charge on any atom is 0.115 e. The Bertz CT molecular complexity index is 602. The van der Waals surface area contributed by atoms with Gasteiger partial charge in [-0.2, -0.15) is 5.26 Å². The van der Waals surface area contributed by atoms with E-state index in [1.165, 1.54) is 0 Å². The second-order valence-corrected chi connectivity index (χ2v) is 4.76. The summed E-state index contributed by atoms with van der Waals surface area (Å²) in [6.45, 7) is 0. The molecule has 0 unspecified atom stereocenters. The van der Waals surface area contributed by atoms with Gasteiger partial charge in [0.25, 0.3) is 0 Å². The zero-order valence-electron chi connectivity index (χ0n) is 9.76. The smallest absolute Gasteiger partial charge is 0.115 e. The molecular formula is C14H11BrN2O. The number of nitrogens with zero attached hydrogens (tertiary/aromatic N) is 2. The van der Waals surface area contributed by atoms with Crippen LogP contribution in [0.5, 0.6) is 5.75 Å². The number of benzene rings is 2. The van der Waals surface area contributed by atoms with Gasteiger partial charge in [-0.25, -0.2) is 0 Å². The van der Waals surface area contributed by atoms with Crippen molar-refractivity contribution in [3.8, 4) is 11.8 Å². The third-order valence-electron chi connectivity index (χ3n) is 2.68. The predicted molar refractivity (Wildman–Crippen MR) is 75.0 cm³/mol. The molecule has 0 fully saturated rings. The minimum absolute atomic E-state index is 0.225. The first-order valence-corrected chi connectivity index (χ1v) is 6.13. The third kappa shape index (κ3) is 2.47. The molecule has 0 aliphatic heterocycles. The molecular weight excluding hydrogens is 292 g/mol. The summed E-state index contributed by atoms with van der Waals surface area (Å²) < 4.78 is 0.877. The first-order valence-electron chi connectivity index (χ1n) is 5.34. The molecule has 18 heavy (non-hydrogen) atoms. The molecule has 0 aliphatic carbocycles. The van der Waals surface area contributed by atoms with Gasteiger partial charge in [0.05, 0.1) is 11.3 Å². The van der Waals surface area contributed by atoms with Crippen molar-refractivity contribution in [2.45, 2.75) is 0 Å². The van der Waals surface area contributed by atoms with Gasteiger partial charge in [-0.05, 0) is 42.5 Å². The number of aromatic hydroxyl groups is 1. The van der Waals surface area contributed by atoms with Crippen molar-refractivity contribution in [1.29, 1.82) is 5.26 Å². The van der Waals surface area contributed by atoms with Gasteiger partial charge < -0.3 is 10.0 Å². The fourth-order valence-electron chi connectivity index (χ4n) is 1.71. The van der Waals surface area contributed by atoms with E-state index in [-0.39, 0.29) is 5.75 Å². The number of nitriles is 1. The van der Waals surface area contributed by atoms with Crippen molar-refractivity contribution in [3.63, 3.8) is 0 Å². The van der Waals surface area contributed by atoms with Crippen molar-refractivity contribution in [2.75, 3.05) is 11.9 Å². The van der Waals surface area contributed by atoms with Crippen molar-refractivity contribution >= 4 is 27.3 Å². The molecule has 0 aromatic heterocycles. The lowest BCUT2D eigenvalue weighted by atomic mass is 10.1. The zero-order chi connectivity index (χ0) is 13.1. The van der Waals surface area contributed by atoms with E-state index < -0.39 is 0 Å². The van der Waals surface area contributed by atoms with Crippen molar-refractivity contribution in [2.24, 2.45) is 0 Å². The van der Waals surface area contributed by atoms with Crippen LogP contribution >= 0.6 is 15.9 Å². The second kappa shape index (κ2) is 5.11. The van der Waals surface area contributed by atoms with Crippen molar-refractivity contribution < 1.29 is 5.11 Å². The number of hydrogen-bond donors (Lipinski definition) is 1. The van der Waals surface area contributed by atoms with Crippen molar-refractivity contribution in [3.05, 3.63) is 52.5 Å². The molecule has 2 rings (SSSR count). The van der Waals surface area contributed by atoms with Gasteiger partial charge in [-0.15, -0.1) is 0 Å². The number of hydrogen-bond acceptors (Lipinski definition) is 3. The zero-order valence-corrected chi connectivity index (χ0v) is 11.3. The van der Waals surface area contributed by atoms with E-state index in [9.17, 15) is 5.11 Å². The SMILES string of the molecule is CN(c1ccc(O)cc1)c1ccc(Br)cc1C#N. The summed E-state index contributed by atoms with van der Waals surface area (Å²) in [5, 5.41) is 18.4. The summed E-state index contributed by atoms with van der Waals surface area (Å²) in [6, 6.07) is 14.6. The van der Waals surface area contributed by atoms with Crippen LogP contribution in [0.3, 0.4) is 0 Å². The number of anilines is 2. The van der Waals surface area contributed by atoms with E-state index in [0.29, 0.717) is 5.56 Å². The minimum atomic E-state index is 0.225. The van der Waals surface area contributed by atoms with Crippen LogP contribution in [-0.4, -0.2) is 12.2 Å². The molecule has 2 aromatic carbocycles. The monoisotopic (exact) mass is 302 g/mol. The van der Waals surface area contributed by atoms with Gasteiger partial charge in [0.15, 0.2) is 0 Å². The summed E-state index contributed by atoms with van der Waals surface area (Å²) in [4.78, 5) is 1.91. The van der Waals surface area contributed by atoms with Gasteiger partial charge in [0.1, 0.15) is 11.8 Å². The molecule has 0 radical (unpaired) electrons. The lowest BCUT2D eigenvalue weighted by molar-refractivity contribution is 0.475. The Morgan fingerprint density at radius 2 is 1.83 bits per heavy atom. The summed E-state index contributed by atoms with van der Waals surface area (Å²) >= 11 is 3.35. The van der Waals surface area contributed by atoms with E-state index >= 15 is 0 Å². The van der Waals surface area contributed by atoms with Crippen LogP contribution in [0.25, 0.3) is 0 Å². The first-order chi connectivity index (χ1) is 8.61. The van der Waals surface area contributed by atoms with Crippen LogP contribution in [0.15, 0.2) is 46.9 Å². The molecule has 4 heteroatoms. The van der Waals surface area contributed by atoms with Gasteiger partial charge in [0.2, 0.25) is 0 Å². The number of halogens is 1. The lowest BCUT2D eigenvalue weighted by Gasteiger charge is -2.20. The summed E-state index contributed by atoms with van der Waals surface area (Å²) in [6.07, 6.45) is 0. The van der Waals surface area contributed by atoms with E-state index in [1.54, 1.807) is 30.3 Å². The summed E-state index contributed by atoms with van der Waals surface area (Å²) in [7, 11) is 1.89. The van der Waals surface area contributed by atoms with Gasteiger partial charge in [-0.1, -0.05) is 15.9 Å². The van der Waals surface area contributed by atoms with E-state index in [0.717, 1.165) is 15.8 Å². The number of phenolic OH excluding ortho intramolecular Hbond substituents is 1. The van der Waals surface area contributed by atoms with Gasteiger partial charge in [0, 0.05) is 17.2 Å². The Balaban J connectivity index is 2.43. The molecule has 0 saturated heterocycles. The van der Waals surface area contributed by atoms with Gasteiger partial charge >= 0.3 is 0 Å². The van der Waals surface area contributed by atoms with E-state index in [2.05, 4.69) is 22.0 Å². The molecule has 0 spiro atoms. The Hall–Kier alpha value is -1.99. The number of phenols is 1. The fraction of sp³-hybridized carbons (Fsp3) is 0.0714. The average Bonchev–Trinajstić information content (AvgIpc) is 2.38. The molecule has 0 bridgehead atoms. The highest BCUT2D eigenvalue weighted by Gasteiger charge is 2.09. The molecule has 0 heterocycles. The first kappa shape index (κ1) is 12.5. The molecule has 0 amide bonds. The Kier molecular flexibility index (Phi) is 3.54. The number of rotatable bonds is 2. The fourth-order valence-corrected chi connectivity index (χ4v) is 2.07. The van der Waals surface area contributed by atoms with Crippen LogP contribution in [0.1, 0.15) is 5.56 Å². The molecule has 0 atom stereocenters. The van der Waals surface area contributed by atoms with Crippen LogP contribution in [-0.2, 0) is 0 Å². The maximum absolute atomic E-state index is 9.27. The van der Waals surface area contributed by atoms with Crippen LogP contribution in [0.2, 0.25) is 0 Å². The third-order valence-corrected chi connectivity index (χ3v) is 3.17. The topological polar surface area (TPSA) is 47.3 Å². The highest BCUT2D eigenvalue weighted by Crippen LogP contribution is 2.29. The highest BCUT2D eigenvalue weighted by molar-refractivity contribution is 9.10. The highest BCUT2D eigenvalue weighted by atomic mass is 79.9. The Morgan fingerprint density at radius 3 is 2.44 bits per heavy atom. The van der Waals surface area contributed by atoms with Gasteiger partial charge in [-0.3, -0.25) is 0 Å². The van der Waals surface area contributed by atoms with Crippen LogP contribution < -0.4 is 4.90 Å². The quantitative estimate of drug-likeness (QED) is 0.918. The predicted octanol–water partition coefficient (Wildman–Crippen LogP) is 3.79. The molecule has 0 aliphatic rings. The molecule has 3 nitrogen and oxygen atoms in total. The van der Waals surface area contributed by atoms with E-state index in [4.69, 9.17) is 5.26 Å². The Labute approximate surface area is 114 Å². The Morgan fingerprint density at radius 1 is 1.17 bits per heavy atom. The summed E-state index contributed by atoms with van der Waals surface area (Å²) in [5.41, 5.74) is 2.33. The standard InChI is InChI=1S/C14H11BrN2O/c1-17(12-3-5-13(18)6-4-12)14-7-2-11(15)8-10(14)9-16/h2-8,18H,1H3. The van der Waals surface area contributed by atoms with Crippen LogP contribution in [0, 0.1) is 11.3 Å². The average molecular weight is 303 g/mol. The molecule has 90 valence electrons. The van der Waals surface area contributed by atoms with Crippen LogP contribution in [0.4, 0.5) is 11.4 Å². The summed E-state index contributed by atoms with van der Waals surface area (Å²) in [5.74, 6) is 0.225. The van der Waals surface area contributed by atoms with E-state index in [1.807, 2.05) is 24.1 Å².